The quantitative estimate of drug-likeness (QED) is 0.162. The number of alkyl halides is 1. The molecule has 1 saturated heterocycles. The van der Waals surface area contributed by atoms with Gasteiger partial charge in [-0.2, -0.15) is 0 Å². The van der Waals surface area contributed by atoms with Crippen molar-refractivity contribution >= 4 is 46.8 Å². The number of nitrogens with one attached hydrogen (secondary N) is 1. The van der Waals surface area contributed by atoms with Crippen LogP contribution in [0.4, 0.5) is 9.18 Å². The fourth-order valence-corrected chi connectivity index (χ4v) is 7.44. The van der Waals surface area contributed by atoms with Gasteiger partial charge in [-0.3, -0.25) is 19.1 Å². The van der Waals surface area contributed by atoms with Gasteiger partial charge in [0, 0.05) is 77.7 Å². The van der Waals surface area contributed by atoms with Crippen LogP contribution in [-0.4, -0.2) is 76.3 Å². The molecule has 1 unspecified atom stereocenters. The number of carbonyl (C=O) groups excluding carboxylic acids is 1. The van der Waals surface area contributed by atoms with Crippen molar-refractivity contribution in [2.24, 2.45) is 0 Å². The Morgan fingerprint density at radius 1 is 1.10 bits per heavy atom. The predicted octanol–water partition coefficient (Wildman–Crippen LogP) is 7.92. The number of nitrogens with zero attached hydrogens (tertiary/aromatic N) is 4. The van der Waals surface area contributed by atoms with E-state index >= 15 is 0 Å². The maximum absolute atomic E-state index is 12.7. The molecular weight excluding hydrogens is 692 g/mol. The van der Waals surface area contributed by atoms with Crippen molar-refractivity contribution in [2.75, 3.05) is 33.4 Å². The Balaban J connectivity index is 1.28. The monoisotopic (exact) mass is 725 g/mol. The Bertz CT molecular complexity index is 1890. The van der Waals surface area contributed by atoms with Crippen LogP contribution in [0.3, 0.4) is 0 Å². The maximum atomic E-state index is 12.7. The highest BCUT2D eigenvalue weighted by Crippen LogP contribution is 2.43. The molecule has 0 spiro atoms. The predicted molar refractivity (Wildman–Crippen MR) is 189 cm³/mol. The summed E-state index contributed by atoms with van der Waals surface area (Å²) >= 11 is 20.9. The van der Waals surface area contributed by atoms with E-state index in [1.807, 2.05) is 30.3 Å². The van der Waals surface area contributed by atoms with Gasteiger partial charge in [-0.15, -0.1) is 0 Å². The Kier molecular flexibility index (Phi) is 10.9. The number of carboxylic acid groups (broad SMARTS) is 1. The van der Waals surface area contributed by atoms with Crippen molar-refractivity contribution in [3.8, 4) is 39.5 Å². The van der Waals surface area contributed by atoms with Crippen LogP contribution in [0.5, 0.6) is 5.88 Å². The molecule has 2 amide bonds. The molecule has 2 aromatic carbocycles. The van der Waals surface area contributed by atoms with E-state index in [0.29, 0.717) is 81.1 Å². The molecule has 0 bridgehead atoms. The summed E-state index contributed by atoms with van der Waals surface area (Å²) in [4.78, 5) is 36.4. The van der Waals surface area contributed by atoms with Crippen LogP contribution in [0.25, 0.3) is 33.6 Å². The second kappa shape index (κ2) is 15.3. The molecule has 0 saturated carbocycles. The Labute approximate surface area is 299 Å². The van der Waals surface area contributed by atoms with Gasteiger partial charge >= 0.3 is 6.09 Å². The number of amides is 2. The second-order valence-corrected chi connectivity index (χ2v) is 13.3. The number of aromatic nitrogens is 2. The molecule has 0 radical (unpaired) electrons. The molecule has 49 heavy (non-hydrogen) atoms. The number of hydrogen-bond donors (Lipinski definition) is 2. The Morgan fingerprint density at radius 2 is 1.90 bits per heavy atom. The summed E-state index contributed by atoms with van der Waals surface area (Å²) in [6.07, 6.45) is 2.85. The highest BCUT2D eigenvalue weighted by atomic mass is 35.5. The molecule has 6 rings (SSSR count). The fraction of sp³-hybridized carbons (Fsp3) is 0.333. The molecule has 4 heterocycles. The minimum absolute atomic E-state index is 0.0332. The lowest BCUT2D eigenvalue weighted by Crippen LogP contribution is -2.41. The van der Waals surface area contributed by atoms with Crippen LogP contribution in [0, 0.1) is 0 Å². The van der Waals surface area contributed by atoms with Crippen LogP contribution in [0.2, 0.25) is 15.1 Å². The van der Waals surface area contributed by atoms with E-state index in [1.165, 1.54) is 12.0 Å². The minimum atomic E-state index is -1.11. The largest absolute Gasteiger partial charge is 0.481 e. The third-order valence-corrected chi connectivity index (χ3v) is 10.1. The molecule has 1 atom stereocenters. The average Bonchev–Trinajstić information content (AvgIpc) is 3.51. The first-order valence-electron chi connectivity index (χ1n) is 16.0. The first-order chi connectivity index (χ1) is 23.7. The average molecular weight is 727 g/mol. The van der Waals surface area contributed by atoms with Crippen molar-refractivity contribution in [3.63, 3.8) is 0 Å². The van der Waals surface area contributed by atoms with E-state index in [0.717, 1.165) is 29.7 Å². The zero-order valence-electron chi connectivity index (χ0n) is 26.8. The summed E-state index contributed by atoms with van der Waals surface area (Å²) in [7, 11) is 1.48. The highest BCUT2D eigenvalue weighted by Gasteiger charge is 2.27. The van der Waals surface area contributed by atoms with Crippen LogP contribution in [0.1, 0.15) is 36.0 Å². The van der Waals surface area contributed by atoms with E-state index in [9.17, 15) is 19.1 Å². The maximum Gasteiger partial charge on any atom is 0.407 e. The number of pyridine rings is 2. The first kappa shape index (κ1) is 34.9. The number of hydrogen-bond acceptors (Lipinski definition) is 6. The third-order valence-electron chi connectivity index (χ3n) is 8.99. The van der Waals surface area contributed by atoms with Crippen molar-refractivity contribution in [1.82, 2.24) is 25.1 Å². The summed E-state index contributed by atoms with van der Waals surface area (Å²) in [6.45, 7) is 2.06. The number of methoxy groups -OCH3 is 1. The molecule has 2 aliphatic rings. The van der Waals surface area contributed by atoms with E-state index in [-0.39, 0.29) is 37.6 Å². The van der Waals surface area contributed by atoms with Crippen molar-refractivity contribution in [2.45, 2.75) is 44.8 Å². The topological polar surface area (TPSA) is 108 Å². The Hall–Kier alpha value is -3.96. The van der Waals surface area contributed by atoms with Gasteiger partial charge in [0.15, 0.2) is 0 Å². The first-order valence-corrected chi connectivity index (χ1v) is 17.1. The van der Waals surface area contributed by atoms with Gasteiger partial charge in [-0.25, -0.2) is 9.78 Å². The molecule has 13 heteroatoms. The normalized spacial score (nSPS) is 15.9. The van der Waals surface area contributed by atoms with Gasteiger partial charge in [-0.1, -0.05) is 53.0 Å². The number of rotatable bonds is 11. The number of halogens is 4. The van der Waals surface area contributed by atoms with Gasteiger partial charge in [0.25, 0.3) is 0 Å². The molecule has 2 N–H and O–H groups in total. The molecule has 1 fully saturated rings. The van der Waals surface area contributed by atoms with Crippen LogP contribution in [-0.2, 0) is 24.3 Å². The lowest BCUT2D eigenvalue weighted by molar-refractivity contribution is -0.119. The van der Waals surface area contributed by atoms with Gasteiger partial charge < -0.3 is 20.1 Å². The number of ether oxygens (including phenoxy) is 1. The highest BCUT2D eigenvalue weighted by molar-refractivity contribution is 6.39. The number of fused-ring (bicyclic) bond motifs is 1. The van der Waals surface area contributed by atoms with E-state index in [1.54, 1.807) is 18.3 Å². The molecule has 0 aliphatic carbocycles. The standard InChI is InChI=1S/C36H35Cl3FN5O4/c1-49-35-22(18-45(36(47)48)19-24-7-9-31(46)42-24)6-8-30(43-35)27-5-2-4-25(32(27)38)26-10-13-41-34(33(26)39)23-16-21-11-15-44(14-3-12-40)20-28(21)29(37)17-23/h2,4-6,8,10,13,16-17,24H,3,7,9,11-12,14-15,18-20H2,1H3,(H,42,46)(H,47,48). The molecule has 2 aromatic heterocycles. The summed E-state index contributed by atoms with van der Waals surface area (Å²) < 4.78 is 18.3. The van der Waals surface area contributed by atoms with Crippen LogP contribution >= 0.6 is 34.8 Å². The van der Waals surface area contributed by atoms with Crippen molar-refractivity contribution in [1.29, 1.82) is 0 Å². The zero-order chi connectivity index (χ0) is 34.7. The van der Waals surface area contributed by atoms with Crippen LogP contribution in [0.15, 0.2) is 54.7 Å². The molecular formula is C36H35Cl3FN5O4. The molecule has 4 aromatic rings. The molecule has 2 aliphatic heterocycles. The minimum Gasteiger partial charge on any atom is -0.481 e. The van der Waals surface area contributed by atoms with E-state index in [2.05, 4.69) is 21.3 Å². The number of benzene rings is 2. The SMILES string of the molecule is COc1nc(-c2cccc(-c3ccnc(-c4cc(Cl)c5c(c4)CCN(CCCF)C5)c3Cl)c2Cl)ccc1CN(CC1CCC(=O)N1)C(=O)O. The van der Waals surface area contributed by atoms with E-state index < -0.39 is 6.09 Å². The smallest absolute Gasteiger partial charge is 0.407 e. The lowest BCUT2D eigenvalue weighted by atomic mass is 9.94. The van der Waals surface area contributed by atoms with Gasteiger partial charge in [0.1, 0.15) is 0 Å². The zero-order valence-corrected chi connectivity index (χ0v) is 29.1. The van der Waals surface area contributed by atoms with Crippen molar-refractivity contribution < 1.29 is 23.8 Å². The Morgan fingerprint density at radius 3 is 2.63 bits per heavy atom. The summed E-state index contributed by atoms with van der Waals surface area (Å²) in [5.74, 6) is 0.185. The summed E-state index contributed by atoms with van der Waals surface area (Å²) in [5, 5.41) is 14.1. The lowest BCUT2D eigenvalue weighted by Gasteiger charge is -2.29. The third kappa shape index (κ3) is 7.62. The van der Waals surface area contributed by atoms with Crippen LogP contribution < -0.4 is 10.1 Å². The fourth-order valence-electron chi connectivity index (χ4n) is 6.49. The summed E-state index contributed by atoms with van der Waals surface area (Å²) in [6, 6.07) is 14.7. The van der Waals surface area contributed by atoms with Crippen molar-refractivity contribution in [3.05, 3.63) is 86.5 Å². The van der Waals surface area contributed by atoms with E-state index in [4.69, 9.17) is 44.5 Å². The molecule has 9 nitrogen and oxygen atoms in total. The number of carbonyl (C=O) groups is 2. The second-order valence-electron chi connectivity index (χ2n) is 12.2. The van der Waals surface area contributed by atoms with Gasteiger partial charge in [0.05, 0.1) is 41.8 Å². The van der Waals surface area contributed by atoms with Gasteiger partial charge in [0.2, 0.25) is 11.8 Å². The summed E-state index contributed by atoms with van der Waals surface area (Å²) in [5.41, 5.74) is 6.66. The van der Waals surface area contributed by atoms with Gasteiger partial charge in [-0.05, 0) is 60.7 Å². The molecule has 256 valence electrons.